The quantitative estimate of drug-likeness (QED) is 0.845. The molecule has 0 saturated heterocycles. The van der Waals surface area contributed by atoms with Crippen LogP contribution in [0.15, 0.2) is 24.3 Å². The molecule has 1 N–H and O–H groups in total. The van der Waals surface area contributed by atoms with Crippen molar-refractivity contribution in [2.75, 3.05) is 12.8 Å². The molecule has 0 spiro atoms. The number of sulfonamides is 1. The number of rotatable bonds is 5. The van der Waals surface area contributed by atoms with Crippen LogP contribution in [0.25, 0.3) is 0 Å². The fourth-order valence-electron chi connectivity index (χ4n) is 1.26. The Balaban J connectivity index is 2.79. The minimum absolute atomic E-state index is 0.0621. The summed E-state index contributed by atoms with van der Waals surface area (Å²) in [6, 6.07) is 5.47. The molecule has 0 atom stereocenters. The molecule has 0 amide bonds. The van der Waals surface area contributed by atoms with Crippen molar-refractivity contribution in [2.45, 2.75) is 6.54 Å². The summed E-state index contributed by atoms with van der Waals surface area (Å²) in [7, 11) is -2.61. The maximum Gasteiger partial charge on any atom is 0.320 e. The maximum atomic E-state index is 12.9. The lowest BCUT2D eigenvalue weighted by molar-refractivity contribution is -0.134. The second-order valence-electron chi connectivity index (χ2n) is 3.54. The average Bonchev–Trinajstić information content (AvgIpc) is 2.15. The number of carboxylic acid groups (broad SMARTS) is 1. The zero-order valence-electron chi connectivity index (χ0n) is 9.13. The average molecular weight is 261 g/mol. The third kappa shape index (κ3) is 4.12. The molecule has 94 valence electrons. The van der Waals surface area contributed by atoms with Crippen LogP contribution in [0.2, 0.25) is 0 Å². The van der Waals surface area contributed by atoms with Crippen molar-refractivity contribution < 1.29 is 22.7 Å². The van der Waals surface area contributed by atoms with Crippen LogP contribution in [0.1, 0.15) is 5.56 Å². The van der Waals surface area contributed by atoms with Gasteiger partial charge in [-0.15, -0.1) is 0 Å². The van der Waals surface area contributed by atoms with E-state index in [1.165, 1.54) is 25.2 Å². The lowest BCUT2D eigenvalue weighted by Gasteiger charge is -2.15. The molecule has 7 heteroatoms. The summed E-state index contributed by atoms with van der Waals surface area (Å²) in [5.74, 6) is -2.86. The third-order valence-electron chi connectivity index (χ3n) is 2.08. The van der Waals surface area contributed by atoms with Gasteiger partial charge in [-0.05, 0) is 17.7 Å². The molecule has 0 aliphatic carbocycles. The van der Waals surface area contributed by atoms with Crippen molar-refractivity contribution >= 4 is 16.0 Å². The molecule has 0 unspecified atom stereocenters. The van der Waals surface area contributed by atoms with Crippen molar-refractivity contribution in [3.05, 3.63) is 35.6 Å². The second-order valence-corrected chi connectivity index (χ2v) is 5.61. The van der Waals surface area contributed by atoms with Crippen LogP contribution < -0.4 is 0 Å². The number of benzene rings is 1. The minimum atomic E-state index is -3.86. The standard InChI is InChI=1S/C10H12FNO4S/c1-12(17(15,16)7-10(13)14)6-8-3-2-4-9(11)5-8/h2-5H,6-7H2,1H3,(H,13,14). The van der Waals surface area contributed by atoms with Gasteiger partial charge in [-0.25, -0.2) is 17.1 Å². The van der Waals surface area contributed by atoms with Crippen LogP contribution in [-0.4, -0.2) is 36.6 Å². The van der Waals surface area contributed by atoms with Gasteiger partial charge in [0.15, 0.2) is 5.75 Å². The van der Waals surface area contributed by atoms with E-state index in [1.807, 2.05) is 0 Å². The van der Waals surface area contributed by atoms with Crippen molar-refractivity contribution in [1.82, 2.24) is 4.31 Å². The highest BCUT2D eigenvalue weighted by Gasteiger charge is 2.21. The lowest BCUT2D eigenvalue weighted by Crippen LogP contribution is -2.31. The molecule has 0 aromatic heterocycles. The Bertz CT molecular complexity index is 515. The molecule has 0 bridgehead atoms. The van der Waals surface area contributed by atoms with E-state index >= 15 is 0 Å². The van der Waals surface area contributed by atoms with Crippen LogP contribution in [-0.2, 0) is 21.4 Å². The smallest absolute Gasteiger partial charge is 0.320 e. The molecule has 0 heterocycles. The fraction of sp³-hybridized carbons (Fsp3) is 0.300. The summed E-state index contributed by atoms with van der Waals surface area (Å²) in [5, 5.41) is 8.44. The van der Waals surface area contributed by atoms with Crippen LogP contribution in [0.4, 0.5) is 4.39 Å². The highest BCUT2D eigenvalue weighted by atomic mass is 32.2. The van der Waals surface area contributed by atoms with Crippen LogP contribution in [0.5, 0.6) is 0 Å². The minimum Gasteiger partial charge on any atom is -0.480 e. The van der Waals surface area contributed by atoms with E-state index in [9.17, 15) is 17.6 Å². The van der Waals surface area contributed by atoms with E-state index in [-0.39, 0.29) is 6.54 Å². The summed E-state index contributed by atoms with van der Waals surface area (Å²) in [6.45, 7) is -0.0621. The zero-order chi connectivity index (χ0) is 13.1. The number of hydrogen-bond donors (Lipinski definition) is 1. The van der Waals surface area contributed by atoms with Gasteiger partial charge >= 0.3 is 5.97 Å². The number of carboxylic acids is 1. The monoisotopic (exact) mass is 261 g/mol. The van der Waals surface area contributed by atoms with Crippen molar-refractivity contribution in [2.24, 2.45) is 0 Å². The summed E-state index contributed by atoms with van der Waals surface area (Å²) >= 11 is 0. The Labute approximate surface area is 98.5 Å². The molecular formula is C10H12FNO4S. The number of halogens is 1. The molecule has 1 rings (SSSR count). The molecule has 0 radical (unpaired) electrons. The Morgan fingerprint density at radius 1 is 1.47 bits per heavy atom. The molecule has 1 aromatic rings. The Morgan fingerprint density at radius 2 is 2.12 bits per heavy atom. The first-order valence-corrected chi connectivity index (χ1v) is 6.32. The van der Waals surface area contributed by atoms with Gasteiger partial charge in [-0.1, -0.05) is 12.1 Å². The molecule has 0 fully saturated rings. The number of carbonyl (C=O) groups is 1. The molecule has 5 nitrogen and oxygen atoms in total. The SMILES string of the molecule is CN(Cc1cccc(F)c1)S(=O)(=O)CC(=O)O. The Hall–Kier alpha value is -1.47. The highest BCUT2D eigenvalue weighted by Crippen LogP contribution is 2.09. The first kappa shape index (κ1) is 13.6. The topological polar surface area (TPSA) is 74.7 Å². The largest absolute Gasteiger partial charge is 0.480 e. The van der Waals surface area contributed by atoms with Gasteiger partial charge in [0.1, 0.15) is 5.82 Å². The maximum absolute atomic E-state index is 12.9. The summed E-state index contributed by atoms with van der Waals surface area (Å²) < 4.78 is 36.7. The number of hydrogen-bond acceptors (Lipinski definition) is 3. The normalized spacial score (nSPS) is 11.7. The van der Waals surface area contributed by atoms with Gasteiger partial charge in [0.2, 0.25) is 10.0 Å². The number of aliphatic carboxylic acids is 1. The van der Waals surface area contributed by atoms with Crippen molar-refractivity contribution in [3.8, 4) is 0 Å². The van der Waals surface area contributed by atoms with Crippen LogP contribution in [0.3, 0.4) is 0 Å². The number of nitrogens with zero attached hydrogens (tertiary/aromatic N) is 1. The Morgan fingerprint density at radius 3 is 2.65 bits per heavy atom. The van der Waals surface area contributed by atoms with Gasteiger partial charge in [0.25, 0.3) is 0 Å². The van der Waals surface area contributed by atoms with Gasteiger partial charge < -0.3 is 5.11 Å². The van der Waals surface area contributed by atoms with Gasteiger partial charge in [-0.3, -0.25) is 4.79 Å². The predicted molar refractivity (Wildman–Crippen MR) is 59.3 cm³/mol. The fourth-order valence-corrected chi connectivity index (χ4v) is 2.14. The predicted octanol–water partition coefficient (Wildman–Crippen LogP) is 0.672. The molecule has 0 saturated carbocycles. The molecule has 1 aromatic carbocycles. The van der Waals surface area contributed by atoms with E-state index in [0.717, 1.165) is 4.31 Å². The summed E-state index contributed by atoms with van der Waals surface area (Å²) in [4.78, 5) is 10.4. The van der Waals surface area contributed by atoms with Crippen LogP contribution >= 0.6 is 0 Å². The van der Waals surface area contributed by atoms with Crippen LogP contribution in [0, 0.1) is 5.82 Å². The first-order valence-electron chi connectivity index (χ1n) is 4.71. The lowest BCUT2D eigenvalue weighted by atomic mass is 10.2. The molecule has 0 aliphatic rings. The third-order valence-corrected chi connectivity index (χ3v) is 3.77. The van der Waals surface area contributed by atoms with E-state index < -0.39 is 27.6 Å². The van der Waals surface area contributed by atoms with E-state index in [1.54, 1.807) is 6.07 Å². The summed E-state index contributed by atoms with van der Waals surface area (Å²) in [5.41, 5.74) is 0.460. The van der Waals surface area contributed by atoms with Crippen molar-refractivity contribution in [3.63, 3.8) is 0 Å². The van der Waals surface area contributed by atoms with E-state index in [0.29, 0.717) is 5.56 Å². The zero-order valence-corrected chi connectivity index (χ0v) is 9.95. The highest BCUT2D eigenvalue weighted by molar-refractivity contribution is 7.89. The van der Waals surface area contributed by atoms with Gasteiger partial charge in [0.05, 0.1) is 0 Å². The van der Waals surface area contributed by atoms with E-state index in [4.69, 9.17) is 5.11 Å². The first-order chi connectivity index (χ1) is 7.81. The molecule has 17 heavy (non-hydrogen) atoms. The summed E-state index contributed by atoms with van der Waals surface area (Å²) in [6.07, 6.45) is 0. The van der Waals surface area contributed by atoms with Gasteiger partial charge in [0, 0.05) is 13.6 Å². The molecule has 0 aliphatic heterocycles. The molecular weight excluding hydrogens is 249 g/mol. The van der Waals surface area contributed by atoms with Crippen molar-refractivity contribution in [1.29, 1.82) is 0 Å². The van der Waals surface area contributed by atoms with Gasteiger partial charge in [-0.2, -0.15) is 0 Å². The second kappa shape index (κ2) is 5.24. The van der Waals surface area contributed by atoms with E-state index in [2.05, 4.69) is 0 Å². The Kier molecular flexibility index (Phi) is 4.19.